The number of benzene rings is 4. The molecule has 4 aromatic carbocycles. The van der Waals surface area contributed by atoms with Gasteiger partial charge in [-0.3, -0.25) is 0 Å². The number of hydrogen-bond donors (Lipinski definition) is 0. The van der Waals surface area contributed by atoms with E-state index in [1.54, 1.807) is 0 Å². The molecule has 4 aliphatic heterocycles. The molecule has 0 spiro atoms. The minimum absolute atomic E-state index is 0.196. The van der Waals surface area contributed by atoms with E-state index >= 15 is 0 Å². The molecular formula is C46H54O11. The molecule has 0 bridgehead atoms. The summed E-state index contributed by atoms with van der Waals surface area (Å²) < 4.78 is 72.8. The Labute approximate surface area is 335 Å². The van der Waals surface area contributed by atoms with Crippen LogP contribution < -0.4 is 0 Å². The first-order chi connectivity index (χ1) is 27.7. The van der Waals surface area contributed by atoms with Gasteiger partial charge in [-0.05, 0) is 49.9 Å². The summed E-state index contributed by atoms with van der Waals surface area (Å²) in [6.07, 6.45) is -6.67. The maximum absolute atomic E-state index is 7.14. The van der Waals surface area contributed by atoms with Crippen LogP contribution in [0.3, 0.4) is 0 Å². The topological polar surface area (TPSA) is 102 Å². The van der Waals surface area contributed by atoms with Gasteiger partial charge in [-0.15, -0.1) is 0 Å². The highest BCUT2D eigenvalue weighted by molar-refractivity contribution is 5.16. The van der Waals surface area contributed by atoms with Gasteiger partial charge in [0.1, 0.15) is 48.8 Å². The lowest BCUT2D eigenvalue weighted by Gasteiger charge is -2.47. The third kappa shape index (κ3) is 10.2. The first kappa shape index (κ1) is 40.2. The quantitative estimate of drug-likeness (QED) is 0.116. The predicted octanol–water partition coefficient (Wildman–Crippen LogP) is 7.10. The molecule has 0 N–H and O–H groups in total. The standard InChI is InChI=1S/C46H54O11/c1-45(2)51-30-36(55-45)38-40(42-44(53-38)57-46(3,4)56-42)54-43-41(50-28-34-23-15-8-16-24-34)39(49-27-33-21-13-7-14-22-33)37(48-26-32-19-11-6-12-20-32)35(52-43)29-47-25-31-17-9-5-10-18-31/h5-24,35-44H,25-30H2,1-4H3/t35-,36-,37-,38+,39+,40-,41-,42+,43?,44+/m1/s1. The minimum atomic E-state index is -0.978. The second-order valence-corrected chi connectivity index (χ2v) is 15.9. The lowest BCUT2D eigenvalue weighted by atomic mass is 9.97. The second kappa shape index (κ2) is 18.1. The Hall–Kier alpha value is -3.56. The molecule has 4 fully saturated rings. The van der Waals surface area contributed by atoms with E-state index in [0.717, 1.165) is 22.3 Å². The molecule has 4 aromatic rings. The highest BCUT2D eigenvalue weighted by atomic mass is 16.9. The van der Waals surface area contributed by atoms with Gasteiger partial charge in [0.05, 0.1) is 39.6 Å². The fourth-order valence-corrected chi connectivity index (χ4v) is 7.85. The number of ether oxygens (including phenoxy) is 11. The third-order valence-corrected chi connectivity index (χ3v) is 10.6. The van der Waals surface area contributed by atoms with Gasteiger partial charge in [-0.1, -0.05) is 121 Å². The first-order valence-electron chi connectivity index (χ1n) is 19.9. The molecule has 0 aliphatic carbocycles. The molecule has 11 nitrogen and oxygen atoms in total. The highest BCUT2D eigenvalue weighted by Gasteiger charge is 2.61. The lowest BCUT2D eigenvalue weighted by molar-refractivity contribution is -0.345. The summed E-state index contributed by atoms with van der Waals surface area (Å²) in [4.78, 5) is 0. The Bertz CT molecular complexity index is 1810. The van der Waals surface area contributed by atoms with E-state index in [0.29, 0.717) is 26.4 Å². The van der Waals surface area contributed by atoms with Crippen LogP contribution in [0.25, 0.3) is 0 Å². The molecule has 4 saturated heterocycles. The fraction of sp³-hybridized carbons (Fsp3) is 0.478. The maximum Gasteiger partial charge on any atom is 0.190 e. The van der Waals surface area contributed by atoms with Crippen molar-refractivity contribution >= 4 is 0 Å². The molecule has 57 heavy (non-hydrogen) atoms. The fourth-order valence-electron chi connectivity index (χ4n) is 7.85. The Kier molecular flexibility index (Phi) is 12.8. The number of hydrogen-bond acceptors (Lipinski definition) is 11. The van der Waals surface area contributed by atoms with Crippen molar-refractivity contribution in [2.45, 2.75) is 127 Å². The van der Waals surface area contributed by atoms with Gasteiger partial charge in [0.15, 0.2) is 24.2 Å². The Balaban J connectivity index is 1.14. The summed E-state index contributed by atoms with van der Waals surface area (Å²) in [6, 6.07) is 40.2. The van der Waals surface area contributed by atoms with Crippen molar-refractivity contribution in [1.82, 2.24) is 0 Å². The lowest BCUT2D eigenvalue weighted by Crippen LogP contribution is -2.63. The Morgan fingerprint density at radius 2 is 1.02 bits per heavy atom. The average molecular weight is 783 g/mol. The molecule has 8 rings (SSSR count). The largest absolute Gasteiger partial charge is 0.374 e. The Morgan fingerprint density at radius 1 is 0.509 bits per heavy atom. The van der Waals surface area contributed by atoms with Crippen LogP contribution in [0, 0.1) is 0 Å². The predicted molar refractivity (Wildman–Crippen MR) is 208 cm³/mol. The van der Waals surface area contributed by atoms with Crippen molar-refractivity contribution in [2.24, 2.45) is 0 Å². The van der Waals surface area contributed by atoms with E-state index in [2.05, 4.69) is 0 Å². The SMILES string of the molecule is CC1(C)O[C@@H]2O[C@@H]([C@H]3COC(C)(C)O3)[C@@H](OC3O[C@H](COCc4ccccc4)[C@@H](OCc4ccccc4)[C@H](OCc4ccccc4)[C@H]3OCc3ccccc3)[C@@H]2O1. The van der Waals surface area contributed by atoms with Crippen LogP contribution in [0.5, 0.6) is 0 Å². The molecule has 10 atom stereocenters. The van der Waals surface area contributed by atoms with Crippen molar-refractivity contribution in [3.05, 3.63) is 144 Å². The zero-order valence-corrected chi connectivity index (χ0v) is 33.1. The van der Waals surface area contributed by atoms with Crippen molar-refractivity contribution in [2.75, 3.05) is 13.2 Å². The van der Waals surface area contributed by atoms with Gasteiger partial charge in [0.25, 0.3) is 0 Å². The summed E-state index contributed by atoms with van der Waals surface area (Å²) in [6.45, 7) is 9.30. The van der Waals surface area contributed by atoms with Crippen LogP contribution >= 0.6 is 0 Å². The van der Waals surface area contributed by atoms with Gasteiger partial charge in [-0.2, -0.15) is 0 Å². The van der Waals surface area contributed by atoms with Crippen LogP contribution in [-0.2, 0) is 78.5 Å². The van der Waals surface area contributed by atoms with Crippen molar-refractivity contribution in [3.63, 3.8) is 0 Å². The van der Waals surface area contributed by atoms with Gasteiger partial charge in [0, 0.05) is 0 Å². The van der Waals surface area contributed by atoms with Crippen LogP contribution in [0.1, 0.15) is 49.9 Å². The summed E-state index contributed by atoms with van der Waals surface area (Å²) in [5, 5.41) is 0. The number of fused-ring (bicyclic) bond motifs is 1. The number of rotatable bonds is 16. The van der Waals surface area contributed by atoms with Crippen molar-refractivity contribution in [3.8, 4) is 0 Å². The molecule has 0 saturated carbocycles. The van der Waals surface area contributed by atoms with Crippen molar-refractivity contribution < 1.29 is 52.1 Å². The van der Waals surface area contributed by atoms with Gasteiger partial charge >= 0.3 is 0 Å². The molecule has 11 heteroatoms. The molecule has 4 heterocycles. The maximum atomic E-state index is 7.14. The summed E-state index contributed by atoms with van der Waals surface area (Å²) in [7, 11) is 0. The van der Waals surface area contributed by atoms with E-state index in [1.165, 1.54) is 0 Å². The monoisotopic (exact) mass is 782 g/mol. The summed E-state index contributed by atoms with van der Waals surface area (Å²) in [5.41, 5.74) is 4.06. The van der Waals surface area contributed by atoms with E-state index in [9.17, 15) is 0 Å². The van der Waals surface area contributed by atoms with Crippen LogP contribution in [0.4, 0.5) is 0 Å². The molecule has 0 amide bonds. The Morgan fingerprint density at radius 3 is 1.54 bits per heavy atom. The van der Waals surface area contributed by atoms with Gasteiger partial charge in [0.2, 0.25) is 0 Å². The van der Waals surface area contributed by atoms with Crippen LogP contribution in [-0.4, -0.2) is 86.2 Å². The smallest absolute Gasteiger partial charge is 0.190 e. The second-order valence-electron chi connectivity index (χ2n) is 15.9. The van der Waals surface area contributed by atoms with Crippen LogP contribution in [0.15, 0.2) is 121 Å². The zero-order valence-electron chi connectivity index (χ0n) is 33.1. The van der Waals surface area contributed by atoms with Crippen molar-refractivity contribution in [1.29, 1.82) is 0 Å². The summed E-state index contributed by atoms with van der Waals surface area (Å²) >= 11 is 0. The minimum Gasteiger partial charge on any atom is -0.374 e. The van der Waals surface area contributed by atoms with Gasteiger partial charge < -0.3 is 52.1 Å². The molecule has 0 radical (unpaired) electrons. The first-order valence-corrected chi connectivity index (χ1v) is 19.9. The molecular weight excluding hydrogens is 728 g/mol. The molecule has 0 aromatic heterocycles. The van der Waals surface area contributed by atoms with E-state index in [1.807, 2.05) is 149 Å². The molecule has 4 aliphatic rings. The van der Waals surface area contributed by atoms with E-state index in [4.69, 9.17) is 52.1 Å². The van der Waals surface area contributed by atoms with E-state index in [-0.39, 0.29) is 13.2 Å². The normalized spacial score (nSPS) is 31.6. The van der Waals surface area contributed by atoms with Gasteiger partial charge in [-0.25, -0.2) is 0 Å². The molecule has 304 valence electrons. The summed E-state index contributed by atoms with van der Waals surface area (Å²) in [5.74, 6) is -1.68. The van der Waals surface area contributed by atoms with Crippen LogP contribution in [0.2, 0.25) is 0 Å². The van der Waals surface area contributed by atoms with E-state index < -0.39 is 73.0 Å². The zero-order chi connectivity index (χ0) is 39.2. The molecule has 1 unspecified atom stereocenters. The highest BCUT2D eigenvalue weighted by Crippen LogP contribution is 2.44. The third-order valence-electron chi connectivity index (χ3n) is 10.6. The average Bonchev–Trinajstić information content (AvgIpc) is 3.85.